The Kier molecular flexibility index (Phi) is 3.18. The molecule has 0 radical (unpaired) electrons. The van der Waals surface area contributed by atoms with Crippen molar-refractivity contribution in [3.8, 4) is 0 Å². The second-order valence-electron chi connectivity index (χ2n) is 4.14. The van der Waals surface area contributed by atoms with E-state index in [1.807, 2.05) is 0 Å². The van der Waals surface area contributed by atoms with E-state index >= 15 is 0 Å². The molecule has 2 unspecified atom stereocenters. The Labute approximate surface area is 70.6 Å². The Morgan fingerprint density at radius 3 is 1.50 bits per heavy atom. The maximum atomic E-state index is 12.0. The van der Waals surface area contributed by atoms with Crippen LogP contribution in [-0.4, -0.2) is 17.4 Å². The third-order valence-corrected chi connectivity index (χ3v) is 2.17. The summed E-state index contributed by atoms with van der Waals surface area (Å²) in [6, 6.07) is 0. The zero-order valence-corrected chi connectivity index (χ0v) is 7.74. The minimum atomic E-state index is -4.51. The van der Waals surface area contributed by atoms with Crippen LogP contribution in [0.5, 0.6) is 0 Å². The van der Waals surface area contributed by atoms with E-state index in [4.69, 9.17) is 5.11 Å². The molecule has 1 nitrogen and oxygen atoms in total. The molecule has 0 bridgehead atoms. The number of aliphatic hydroxyl groups is 1. The van der Waals surface area contributed by atoms with Gasteiger partial charge in [0, 0.05) is 0 Å². The van der Waals surface area contributed by atoms with Gasteiger partial charge in [-0.2, -0.15) is 13.2 Å². The van der Waals surface area contributed by atoms with Crippen LogP contribution >= 0.6 is 0 Å². The predicted molar refractivity (Wildman–Crippen MR) is 40.7 cm³/mol. The molecule has 0 aliphatic rings. The molecule has 0 spiro atoms. The monoisotopic (exact) mass is 184 g/mol. The fraction of sp³-hybridized carbons (Fsp3) is 1.00. The van der Waals surface area contributed by atoms with E-state index in [2.05, 4.69) is 0 Å². The third-order valence-electron chi connectivity index (χ3n) is 2.17. The van der Waals surface area contributed by atoms with Crippen LogP contribution in [0.4, 0.5) is 13.2 Å². The molecule has 0 rings (SSSR count). The van der Waals surface area contributed by atoms with Gasteiger partial charge in [-0.1, -0.05) is 27.7 Å². The van der Waals surface area contributed by atoms with Gasteiger partial charge in [0.15, 0.2) is 6.10 Å². The van der Waals surface area contributed by atoms with Crippen LogP contribution in [0.25, 0.3) is 0 Å². The summed E-state index contributed by atoms with van der Waals surface area (Å²) < 4.78 is 35.9. The molecule has 0 aromatic heterocycles. The second-order valence-corrected chi connectivity index (χ2v) is 4.14. The quantitative estimate of drug-likeness (QED) is 0.664. The SMILES string of the molecule is CC(C(O)C(F)(F)F)C(C)(C)C. The Morgan fingerprint density at radius 1 is 1.08 bits per heavy atom. The van der Waals surface area contributed by atoms with Crippen LogP contribution in [-0.2, 0) is 0 Å². The second kappa shape index (κ2) is 3.24. The van der Waals surface area contributed by atoms with Gasteiger partial charge >= 0.3 is 6.18 Å². The molecule has 0 aromatic carbocycles. The Bertz CT molecular complexity index is 127. The third kappa shape index (κ3) is 3.01. The number of aliphatic hydroxyl groups excluding tert-OH is 1. The van der Waals surface area contributed by atoms with E-state index in [0.29, 0.717) is 0 Å². The number of halogens is 3. The van der Waals surface area contributed by atoms with Crippen LogP contribution < -0.4 is 0 Å². The Balaban J connectivity index is 4.41. The standard InChI is InChI=1S/C8H15F3O/c1-5(7(2,3)4)6(12)8(9,10)11/h5-6,12H,1-4H3. The minimum Gasteiger partial charge on any atom is -0.383 e. The normalized spacial score (nSPS) is 19.0. The first kappa shape index (κ1) is 11.8. The van der Waals surface area contributed by atoms with E-state index in [-0.39, 0.29) is 0 Å². The highest BCUT2D eigenvalue weighted by Crippen LogP contribution is 2.35. The zero-order chi connectivity index (χ0) is 10.2. The molecule has 4 heteroatoms. The predicted octanol–water partition coefficient (Wildman–Crippen LogP) is 2.59. The van der Waals surface area contributed by atoms with Crippen molar-refractivity contribution in [2.45, 2.75) is 40.0 Å². The highest BCUT2D eigenvalue weighted by molar-refractivity contribution is 4.80. The van der Waals surface area contributed by atoms with E-state index in [1.54, 1.807) is 20.8 Å². The average Bonchev–Trinajstić information content (AvgIpc) is 1.80. The van der Waals surface area contributed by atoms with Gasteiger partial charge < -0.3 is 5.11 Å². The number of alkyl halides is 3. The van der Waals surface area contributed by atoms with Gasteiger partial charge in [-0.25, -0.2) is 0 Å². The van der Waals surface area contributed by atoms with Crippen molar-refractivity contribution >= 4 is 0 Å². The van der Waals surface area contributed by atoms with E-state index in [1.165, 1.54) is 6.92 Å². The van der Waals surface area contributed by atoms with Crippen molar-refractivity contribution in [2.75, 3.05) is 0 Å². The van der Waals surface area contributed by atoms with Crippen molar-refractivity contribution in [3.05, 3.63) is 0 Å². The zero-order valence-electron chi connectivity index (χ0n) is 7.74. The van der Waals surface area contributed by atoms with Crippen LogP contribution in [0.1, 0.15) is 27.7 Å². The smallest absolute Gasteiger partial charge is 0.383 e. The first-order chi connectivity index (χ1) is 5.07. The molecular formula is C8H15F3O. The van der Waals surface area contributed by atoms with E-state index in [0.717, 1.165) is 0 Å². The molecule has 0 aromatic rings. The number of hydrogen-bond donors (Lipinski definition) is 1. The lowest BCUT2D eigenvalue weighted by atomic mass is 9.78. The molecule has 0 saturated heterocycles. The molecule has 0 heterocycles. The molecule has 0 aliphatic carbocycles. The summed E-state index contributed by atoms with van der Waals surface area (Å²) in [6.07, 6.45) is -6.73. The van der Waals surface area contributed by atoms with Crippen LogP contribution in [0, 0.1) is 11.3 Å². The molecule has 12 heavy (non-hydrogen) atoms. The van der Waals surface area contributed by atoms with Crippen molar-refractivity contribution in [3.63, 3.8) is 0 Å². The van der Waals surface area contributed by atoms with Gasteiger partial charge in [0.2, 0.25) is 0 Å². The molecule has 0 amide bonds. The maximum Gasteiger partial charge on any atom is 0.414 e. The van der Waals surface area contributed by atoms with Crippen LogP contribution in [0.15, 0.2) is 0 Å². The summed E-state index contributed by atoms with van der Waals surface area (Å²) in [5.41, 5.74) is -0.533. The lowest BCUT2D eigenvalue weighted by molar-refractivity contribution is -0.226. The van der Waals surface area contributed by atoms with E-state index < -0.39 is 23.6 Å². The summed E-state index contributed by atoms with van der Waals surface area (Å²) in [4.78, 5) is 0. The first-order valence-electron chi connectivity index (χ1n) is 3.81. The molecule has 0 aliphatic heterocycles. The highest BCUT2D eigenvalue weighted by atomic mass is 19.4. The van der Waals surface area contributed by atoms with E-state index in [9.17, 15) is 13.2 Å². The maximum absolute atomic E-state index is 12.0. The number of hydrogen-bond acceptors (Lipinski definition) is 1. The number of rotatable bonds is 1. The van der Waals surface area contributed by atoms with Gasteiger partial charge in [-0.05, 0) is 11.3 Å². The summed E-state index contributed by atoms with van der Waals surface area (Å²) >= 11 is 0. The molecule has 0 fully saturated rings. The summed E-state index contributed by atoms with van der Waals surface area (Å²) in [5, 5.41) is 8.86. The van der Waals surface area contributed by atoms with Crippen molar-refractivity contribution in [1.82, 2.24) is 0 Å². The van der Waals surface area contributed by atoms with Gasteiger partial charge in [0.05, 0.1) is 0 Å². The topological polar surface area (TPSA) is 20.2 Å². The van der Waals surface area contributed by atoms with Crippen molar-refractivity contribution < 1.29 is 18.3 Å². The van der Waals surface area contributed by atoms with Gasteiger partial charge in [0.1, 0.15) is 0 Å². The largest absolute Gasteiger partial charge is 0.414 e. The molecule has 74 valence electrons. The van der Waals surface area contributed by atoms with Crippen LogP contribution in [0.3, 0.4) is 0 Å². The van der Waals surface area contributed by atoms with Crippen molar-refractivity contribution in [1.29, 1.82) is 0 Å². The molecular weight excluding hydrogens is 169 g/mol. The highest BCUT2D eigenvalue weighted by Gasteiger charge is 2.45. The van der Waals surface area contributed by atoms with Crippen LogP contribution in [0.2, 0.25) is 0 Å². The van der Waals surface area contributed by atoms with Crippen molar-refractivity contribution in [2.24, 2.45) is 11.3 Å². The summed E-state index contributed by atoms with van der Waals surface area (Å²) in [6.45, 7) is 6.42. The Hall–Kier alpha value is -0.250. The lowest BCUT2D eigenvalue weighted by Gasteiger charge is -2.32. The molecule has 1 N–H and O–H groups in total. The molecule has 2 atom stereocenters. The van der Waals surface area contributed by atoms with Gasteiger partial charge in [-0.3, -0.25) is 0 Å². The minimum absolute atomic E-state index is 0.533. The van der Waals surface area contributed by atoms with Gasteiger partial charge in [0.25, 0.3) is 0 Å². The summed E-state index contributed by atoms with van der Waals surface area (Å²) in [7, 11) is 0. The fourth-order valence-corrected chi connectivity index (χ4v) is 0.757. The fourth-order valence-electron chi connectivity index (χ4n) is 0.757. The first-order valence-corrected chi connectivity index (χ1v) is 3.81. The Morgan fingerprint density at radius 2 is 1.42 bits per heavy atom. The lowest BCUT2D eigenvalue weighted by Crippen LogP contribution is -2.40. The van der Waals surface area contributed by atoms with Gasteiger partial charge in [-0.15, -0.1) is 0 Å². The molecule has 0 saturated carbocycles. The summed E-state index contributed by atoms with van der Waals surface area (Å²) in [5.74, 6) is -0.794. The average molecular weight is 184 g/mol.